The Morgan fingerprint density at radius 2 is 0.714 bits per heavy atom. The van der Waals surface area contributed by atoms with Crippen molar-refractivity contribution < 1.29 is 111 Å². The molecule has 0 aliphatic heterocycles. The van der Waals surface area contributed by atoms with Gasteiger partial charge in [0.25, 0.3) is 0 Å². The summed E-state index contributed by atoms with van der Waals surface area (Å²) in [5.41, 5.74) is -14.5. The first-order chi connectivity index (χ1) is 25.8. The maximum Gasteiger partial charge on any atom is 0.245 e. The van der Waals surface area contributed by atoms with E-state index in [1.165, 1.54) is 0 Å². The van der Waals surface area contributed by atoms with Crippen molar-refractivity contribution in [3.8, 4) is 69.0 Å². The number of ketones is 5. The molecule has 2 unspecified atom stereocenters. The van der Waals surface area contributed by atoms with Crippen LogP contribution in [0, 0.1) is 0 Å². The molecule has 0 heterocycles. The maximum absolute atomic E-state index is 14.1. The number of rotatable bonds is 13. The van der Waals surface area contributed by atoms with E-state index in [0.717, 1.165) is 0 Å². The van der Waals surface area contributed by atoms with Gasteiger partial charge < -0.3 is 86.8 Å². The Hall–Kier alpha value is -7.37. The summed E-state index contributed by atoms with van der Waals surface area (Å²) in [5.74, 6) is -28.2. The zero-order chi connectivity index (χ0) is 42.5. The molecule has 0 aliphatic carbocycles. The highest BCUT2D eigenvalue weighted by atomic mass is 16.4. The molecule has 0 saturated heterocycles. The summed E-state index contributed by atoms with van der Waals surface area (Å²) in [7, 11) is 0. The molecule has 0 radical (unpaired) electrons. The van der Waals surface area contributed by atoms with Crippen molar-refractivity contribution in [1.29, 1.82) is 0 Å². The van der Waals surface area contributed by atoms with Gasteiger partial charge in [-0.05, 0) is 54.1 Å². The second-order valence-electron chi connectivity index (χ2n) is 12.0. The largest absolute Gasteiger partial charge is 0.504 e. The monoisotopic (exact) mass is 788 g/mol. The van der Waals surface area contributed by atoms with E-state index in [9.17, 15) is 111 Å². The Morgan fingerprint density at radius 3 is 1.05 bits per heavy atom. The third-order valence-electron chi connectivity index (χ3n) is 8.41. The van der Waals surface area contributed by atoms with Gasteiger partial charge >= 0.3 is 0 Å². The molecule has 0 amide bonds. The van der Waals surface area contributed by atoms with Gasteiger partial charge in [0, 0.05) is 16.7 Å². The molecule has 56 heavy (non-hydrogen) atoms. The second kappa shape index (κ2) is 14.5. The summed E-state index contributed by atoms with van der Waals surface area (Å²) < 4.78 is 0. The third-order valence-corrected chi connectivity index (χ3v) is 8.41. The molecular weight excluding hydrogens is 760 g/mol. The summed E-state index contributed by atoms with van der Waals surface area (Å²) in [6.45, 7) is 0. The summed E-state index contributed by atoms with van der Waals surface area (Å²) in [6, 6.07) is 2.02. The smallest absolute Gasteiger partial charge is 0.245 e. The molecule has 4 rings (SSSR count). The van der Waals surface area contributed by atoms with Gasteiger partial charge in [0.05, 0.1) is 0 Å². The summed E-state index contributed by atoms with van der Waals surface area (Å²) in [4.78, 5) is 69.6. The standard InChI is InChI=1S/C34H28O22/c35-13-1-9(2-14(36)23(13)45)21(43)27(49)31(53)34(56,29(51)12-7-19(41)26(48)20(42)8-12)32(54)33(55,28(50)11-5-17(39)25(47)18(40)6-11)30(52)22(44)10-3-15(37)24(46)16(38)4-10/h1-8,21,27,32,35-43,45-49,54-56H/t21?,27?,32-,33+,34-/m1/s1. The molecule has 0 aliphatic rings. The Bertz CT molecular complexity index is 2240. The Labute approximate surface area is 309 Å². The number of aliphatic hydroxyl groups excluding tert-OH is 3. The van der Waals surface area contributed by atoms with Crippen molar-refractivity contribution >= 4 is 28.9 Å². The summed E-state index contributed by atoms with van der Waals surface area (Å²) >= 11 is 0. The van der Waals surface area contributed by atoms with Crippen molar-refractivity contribution in [2.45, 2.75) is 29.5 Å². The van der Waals surface area contributed by atoms with Gasteiger partial charge in [0.1, 0.15) is 18.3 Å². The van der Waals surface area contributed by atoms with Gasteiger partial charge in [-0.2, -0.15) is 0 Å². The lowest BCUT2D eigenvalue weighted by atomic mass is 9.69. The number of carbonyl (C=O) groups is 5. The highest BCUT2D eigenvalue weighted by Crippen LogP contribution is 2.43. The average molecular weight is 789 g/mol. The van der Waals surface area contributed by atoms with Crippen LogP contribution in [-0.2, 0) is 9.59 Å². The quantitative estimate of drug-likeness (QED) is 0.0306. The van der Waals surface area contributed by atoms with E-state index in [0.29, 0.717) is 12.1 Å². The topological polar surface area (TPSA) is 429 Å². The van der Waals surface area contributed by atoms with Crippen molar-refractivity contribution in [1.82, 2.24) is 0 Å². The van der Waals surface area contributed by atoms with Crippen LogP contribution >= 0.6 is 0 Å². The molecule has 4 aromatic carbocycles. The van der Waals surface area contributed by atoms with Crippen molar-refractivity contribution in [2.24, 2.45) is 0 Å². The molecule has 0 aromatic heterocycles. The van der Waals surface area contributed by atoms with Crippen molar-refractivity contribution in [3.63, 3.8) is 0 Å². The molecule has 296 valence electrons. The molecule has 0 fully saturated rings. The predicted octanol–water partition coefficient (Wildman–Crippen LogP) is -1.84. The van der Waals surface area contributed by atoms with Gasteiger partial charge in [-0.1, -0.05) is 0 Å². The number of hydrogen-bond acceptors (Lipinski definition) is 22. The molecule has 17 N–H and O–H groups in total. The van der Waals surface area contributed by atoms with Crippen LogP contribution < -0.4 is 0 Å². The first-order valence-corrected chi connectivity index (χ1v) is 15.0. The number of aliphatic hydroxyl groups is 5. The van der Waals surface area contributed by atoms with Gasteiger partial charge in [-0.15, -0.1) is 0 Å². The van der Waals surface area contributed by atoms with E-state index < -0.39 is 150 Å². The van der Waals surface area contributed by atoms with Crippen LogP contribution in [0.4, 0.5) is 0 Å². The van der Waals surface area contributed by atoms with Crippen LogP contribution in [0.15, 0.2) is 48.5 Å². The first-order valence-electron chi connectivity index (χ1n) is 15.0. The van der Waals surface area contributed by atoms with Crippen LogP contribution in [0.25, 0.3) is 0 Å². The van der Waals surface area contributed by atoms with Crippen LogP contribution in [0.2, 0.25) is 0 Å². The minimum Gasteiger partial charge on any atom is -0.504 e. The molecule has 22 nitrogen and oxygen atoms in total. The number of benzene rings is 4. The van der Waals surface area contributed by atoms with Gasteiger partial charge in [-0.25, -0.2) is 0 Å². The van der Waals surface area contributed by atoms with E-state index >= 15 is 0 Å². The van der Waals surface area contributed by atoms with Crippen LogP contribution in [-0.4, -0.2) is 139 Å². The van der Waals surface area contributed by atoms with E-state index in [-0.39, 0.29) is 36.4 Å². The summed E-state index contributed by atoms with van der Waals surface area (Å²) in [5, 5.41) is 176. The van der Waals surface area contributed by atoms with Gasteiger partial charge in [0.2, 0.25) is 40.1 Å². The Kier molecular flexibility index (Phi) is 10.7. The fourth-order valence-corrected chi connectivity index (χ4v) is 5.32. The fraction of sp³-hybridized carbons (Fsp3) is 0.147. The molecule has 0 spiro atoms. The zero-order valence-electron chi connectivity index (χ0n) is 27.5. The number of carbonyl (C=O) groups excluding carboxylic acids is 5. The molecule has 0 saturated carbocycles. The minimum absolute atomic E-state index is 0.173. The lowest BCUT2D eigenvalue weighted by molar-refractivity contribution is -0.175. The average Bonchev–Trinajstić information content (AvgIpc) is 3.16. The normalized spacial score (nSPS) is 15.1. The third kappa shape index (κ3) is 6.67. The van der Waals surface area contributed by atoms with Crippen LogP contribution in [0.1, 0.15) is 42.7 Å². The van der Waals surface area contributed by atoms with Crippen LogP contribution in [0.3, 0.4) is 0 Å². The SMILES string of the molecule is O=C(C(=O)[C@@](O)(C(=O)c1cc(O)c(O)c(O)c1)[C@@H](O)[C@@](O)(C(=O)c1cc(O)c(O)c(O)c1)C(=O)C(O)C(O)c1cc(O)c(O)c(O)c1)c1cc(O)c(O)c(O)c1. The number of Topliss-reactive ketones (excluding diaryl/α,β-unsaturated/α-hetero) is 5. The molecular formula is C34H28O22. The number of phenols is 12. The first kappa shape index (κ1) is 41.4. The van der Waals surface area contributed by atoms with Gasteiger partial charge in [0.15, 0.2) is 69.0 Å². The van der Waals surface area contributed by atoms with E-state index in [1.54, 1.807) is 0 Å². The van der Waals surface area contributed by atoms with Crippen LogP contribution in [0.5, 0.6) is 69.0 Å². The lowest BCUT2D eigenvalue weighted by Gasteiger charge is -2.39. The van der Waals surface area contributed by atoms with E-state index in [4.69, 9.17) is 0 Å². The predicted molar refractivity (Wildman–Crippen MR) is 176 cm³/mol. The highest BCUT2D eigenvalue weighted by molar-refractivity contribution is 6.51. The Morgan fingerprint density at radius 1 is 0.429 bits per heavy atom. The fourth-order valence-electron chi connectivity index (χ4n) is 5.32. The molecule has 5 atom stereocenters. The van der Waals surface area contributed by atoms with Crippen molar-refractivity contribution in [3.05, 3.63) is 70.8 Å². The number of phenolic OH excluding ortho intramolecular Hbond substituents is 12. The van der Waals surface area contributed by atoms with E-state index in [1.807, 2.05) is 0 Å². The lowest BCUT2D eigenvalue weighted by Crippen LogP contribution is -2.72. The molecule has 4 aromatic rings. The van der Waals surface area contributed by atoms with Gasteiger partial charge in [-0.3, -0.25) is 24.0 Å². The minimum atomic E-state index is -4.82. The molecule has 22 heteroatoms. The molecule has 0 bridgehead atoms. The second-order valence-corrected chi connectivity index (χ2v) is 12.0. The number of hydrogen-bond donors (Lipinski definition) is 17. The zero-order valence-corrected chi connectivity index (χ0v) is 27.5. The highest BCUT2D eigenvalue weighted by Gasteiger charge is 2.66. The van der Waals surface area contributed by atoms with Crippen molar-refractivity contribution in [2.75, 3.05) is 0 Å². The maximum atomic E-state index is 14.1. The number of aromatic hydroxyl groups is 12. The Balaban J connectivity index is 2.05. The summed E-state index contributed by atoms with van der Waals surface area (Å²) in [6.07, 6.45) is -10.4. The van der Waals surface area contributed by atoms with E-state index in [2.05, 4.69) is 0 Å².